The van der Waals surface area contributed by atoms with Crippen molar-refractivity contribution in [2.75, 3.05) is 7.11 Å². The standard InChI is InChI=1S/C17H15N3O4/c1-23-17(22)13-9-20(8-12-15(13)18-19-16(12)21)7-11-6-10-4-2-3-5-14(10)24-11/h2-5,8-9,11H,6-7H2,1H3,(H,19,21). The van der Waals surface area contributed by atoms with E-state index in [1.165, 1.54) is 7.11 Å². The van der Waals surface area contributed by atoms with Crippen LogP contribution in [0.1, 0.15) is 15.9 Å². The van der Waals surface area contributed by atoms with E-state index in [0.717, 1.165) is 17.7 Å². The van der Waals surface area contributed by atoms with Gasteiger partial charge in [0, 0.05) is 18.8 Å². The van der Waals surface area contributed by atoms with Gasteiger partial charge in [-0.2, -0.15) is 5.10 Å². The number of fused-ring (bicyclic) bond motifs is 2. The van der Waals surface area contributed by atoms with Gasteiger partial charge in [0.05, 0.1) is 19.2 Å². The first kappa shape index (κ1) is 14.5. The maximum absolute atomic E-state index is 12.0. The van der Waals surface area contributed by atoms with E-state index in [4.69, 9.17) is 9.47 Å². The number of nitrogens with zero attached hydrogens (tertiary/aromatic N) is 2. The highest BCUT2D eigenvalue weighted by molar-refractivity contribution is 5.95. The van der Waals surface area contributed by atoms with Crippen LogP contribution in [0, 0.1) is 0 Å². The quantitative estimate of drug-likeness (QED) is 0.737. The Kier molecular flexibility index (Phi) is 3.34. The molecule has 0 amide bonds. The molecule has 0 aliphatic carbocycles. The number of esters is 1. The molecule has 1 unspecified atom stereocenters. The Bertz CT molecular complexity index is 918. The summed E-state index contributed by atoms with van der Waals surface area (Å²) in [5.41, 5.74) is 1.75. The van der Waals surface area contributed by atoms with E-state index in [2.05, 4.69) is 10.2 Å². The second-order valence-corrected chi connectivity index (χ2v) is 5.73. The lowest BCUT2D eigenvalue weighted by Gasteiger charge is -2.16. The molecule has 0 radical (unpaired) electrons. The number of aromatic amines is 1. The summed E-state index contributed by atoms with van der Waals surface area (Å²) in [4.78, 5) is 23.9. The third-order valence-corrected chi connectivity index (χ3v) is 4.15. The second-order valence-electron chi connectivity index (χ2n) is 5.73. The van der Waals surface area contributed by atoms with Crippen LogP contribution < -0.4 is 10.3 Å². The maximum Gasteiger partial charge on any atom is 0.341 e. The van der Waals surface area contributed by atoms with Crippen LogP contribution in [0.15, 0.2) is 41.5 Å². The molecule has 3 aliphatic rings. The van der Waals surface area contributed by atoms with Crippen LogP contribution in [0.4, 0.5) is 0 Å². The van der Waals surface area contributed by atoms with Crippen LogP contribution in [0.25, 0.3) is 11.3 Å². The molecule has 1 N–H and O–H groups in total. The van der Waals surface area contributed by atoms with Gasteiger partial charge in [-0.05, 0) is 11.6 Å². The van der Waals surface area contributed by atoms with Crippen LogP contribution in [0.2, 0.25) is 0 Å². The number of methoxy groups -OCH3 is 1. The van der Waals surface area contributed by atoms with E-state index in [1.807, 2.05) is 24.3 Å². The Morgan fingerprint density at radius 3 is 3.04 bits per heavy atom. The normalized spacial score (nSPS) is 16.0. The molecule has 0 bridgehead atoms. The highest BCUT2D eigenvalue weighted by Crippen LogP contribution is 2.29. The minimum atomic E-state index is -0.531. The van der Waals surface area contributed by atoms with Crippen molar-refractivity contribution >= 4 is 5.97 Å². The topological polar surface area (TPSA) is 86.2 Å². The van der Waals surface area contributed by atoms with Gasteiger partial charge in [-0.25, -0.2) is 9.89 Å². The van der Waals surface area contributed by atoms with Crippen LogP contribution in [-0.4, -0.2) is 33.9 Å². The first-order valence-corrected chi connectivity index (χ1v) is 7.57. The molecule has 0 saturated carbocycles. The van der Waals surface area contributed by atoms with Crippen molar-refractivity contribution in [2.45, 2.75) is 19.1 Å². The van der Waals surface area contributed by atoms with Crippen LogP contribution in [0.3, 0.4) is 0 Å². The van der Waals surface area contributed by atoms with Gasteiger partial charge in [0.1, 0.15) is 23.1 Å². The predicted octanol–water partition coefficient (Wildman–Crippen LogP) is 1.47. The molecule has 3 aliphatic heterocycles. The van der Waals surface area contributed by atoms with Crippen molar-refractivity contribution in [3.05, 3.63) is 58.1 Å². The maximum atomic E-state index is 12.0. The number of carbonyl (C=O) groups excluding carboxylic acids is 1. The molecule has 3 heterocycles. The minimum Gasteiger partial charge on any atom is -0.488 e. The van der Waals surface area contributed by atoms with Crippen molar-refractivity contribution in [1.82, 2.24) is 14.8 Å². The fraction of sp³-hybridized carbons (Fsp3) is 0.235. The average molecular weight is 325 g/mol. The zero-order chi connectivity index (χ0) is 16.7. The summed E-state index contributed by atoms with van der Waals surface area (Å²) in [7, 11) is 1.30. The molecule has 1 aromatic rings. The SMILES string of the molecule is COC(=O)c1cn(CC2Cc3ccccc3O2)cc2c(=O)[nH]nc1-2. The molecule has 1 atom stereocenters. The summed E-state index contributed by atoms with van der Waals surface area (Å²) in [5.74, 6) is 0.349. The lowest BCUT2D eigenvalue weighted by Crippen LogP contribution is -2.22. The molecule has 0 spiro atoms. The molecule has 0 fully saturated rings. The number of ether oxygens (including phenoxy) is 2. The fourth-order valence-corrected chi connectivity index (χ4v) is 3.05. The molecular weight excluding hydrogens is 310 g/mol. The first-order valence-electron chi connectivity index (χ1n) is 7.57. The average Bonchev–Trinajstić information content (AvgIpc) is 3.17. The summed E-state index contributed by atoms with van der Waals surface area (Å²) >= 11 is 0. The number of hydrogen-bond donors (Lipinski definition) is 1. The number of para-hydroxylation sites is 1. The summed E-state index contributed by atoms with van der Waals surface area (Å²) in [6.45, 7) is 0.513. The van der Waals surface area contributed by atoms with Gasteiger partial charge in [0.15, 0.2) is 0 Å². The Labute approximate surface area is 137 Å². The van der Waals surface area contributed by atoms with Crippen molar-refractivity contribution < 1.29 is 14.3 Å². The molecular formula is C17H15N3O4. The van der Waals surface area contributed by atoms with Crippen LogP contribution >= 0.6 is 0 Å². The zero-order valence-corrected chi connectivity index (χ0v) is 13.0. The van der Waals surface area contributed by atoms with Gasteiger partial charge < -0.3 is 14.0 Å². The van der Waals surface area contributed by atoms with E-state index in [9.17, 15) is 9.59 Å². The van der Waals surface area contributed by atoms with Crippen molar-refractivity contribution in [2.24, 2.45) is 0 Å². The number of benzene rings is 1. The Hall–Kier alpha value is -3.09. The number of carbonyl (C=O) groups is 1. The highest BCUT2D eigenvalue weighted by atomic mass is 16.5. The summed E-state index contributed by atoms with van der Waals surface area (Å²) in [6, 6.07) is 7.89. The first-order chi connectivity index (χ1) is 11.7. The Balaban J connectivity index is 1.68. The molecule has 1 aromatic carbocycles. The number of hydrogen-bond acceptors (Lipinski definition) is 5. The molecule has 0 aromatic heterocycles. The zero-order valence-electron chi connectivity index (χ0n) is 13.0. The largest absolute Gasteiger partial charge is 0.488 e. The number of rotatable bonds is 3. The van der Waals surface area contributed by atoms with Gasteiger partial charge in [-0.3, -0.25) is 4.79 Å². The number of aromatic nitrogens is 3. The number of pyridine rings is 1. The summed E-state index contributed by atoms with van der Waals surface area (Å²) in [6.07, 6.45) is 4.04. The molecule has 4 rings (SSSR count). The molecule has 0 saturated heterocycles. The third-order valence-electron chi connectivity index (χ3n) is 4.15. The molecule has 7 heteroatoms. The van der Waals surface area contributed by atoms with Gasteiger partial charge in [-0.1, -0.05) is 18.2 Å². The van der Waals surface area contributed by atoms with Crippen molar-refractivity contribution in [3.8, 4) is 17.0 Å². The van der Waals surface area contributed by atoms with Crippen molar-refractivity contribution in [1.29, 1.82) is 0 Å². The smallest absolute Gasteiger partial charge is 0.341 e. The third kappa shape index (κ3) is 2.34. The van der Waals surface area contributed by atoms with Crippen LogP contribution in [0.5, 0.6) is 5.75 Å². The molecule has 24 heavy (non-hydrogen) atoms. The Morgan fingerprint density at radius 1 is 1.42 bits per heavy atom. The minimum absolute atomic E-state index is 0.0580. The van der Waals surface area contributed by atoms with E-state index in [0.29, 0.717) is 17.8 Å². The molecule has 7 nitrogen and oxygen atoms in total. The van der Waals surface area contributed by atoms with E-state index >= 15 is 0 Å². The van der Waals surface area contributed by atoms with Gasteiger partial charge in [0.2, 0.25) is 0 Å². The highest BCUT2D eigenvalue weighted by Gasteiger charge is 2.25. The molecule has 122 valence electrons. The second kappa shape index (κ2) is 5.52. The summed E-state index contributed by atoms with van der Waals surface area (Å²) in [5, 5.41) is 6.28. The van der Waals surface area contributed by atoms with E-state index < -0.39 is 5.97 Å². The lowest BCUT2D eigenvalue weighted by molar-refractivity contribution is 0.0599. The van der Waals surface area contributed by atoms with Gasteiger partial charge in [-0.15, -0.1) is 0 Å². The lowest BCUT2D eigenvalue weighted by atomic mass is 10.1. The monoisotopic (exact) mass is 325 g/mol. The van der Waals surface area contributed by atoms with Gasteiger partial charge in [0.25, 0.3) is 5.56 Å². The predicted molar refractivity (Wildman–Crippen MR) is 85.4 cm³/mol. The number of nitrogens with one attached hydrogen (secondary N) is 1. The number of H-pyrrole nitrogens is 1. The van der Waals surface area contributed by atoms with E-state index in [-0.39, 0.29) is 17.2 Å². The Morgan fingerprint density at radius 2 is 2.25 bits per heavy atom. The van der Waals surface area contributed by atoms with Gasteiger partial charge >= 0.3 is 5.97 Å². The van der Waals surface area contributed by atoms with Crippen LogP contribution in [-0.2, 0) is 17.7 Å². The summed E-state index contributed by atoms with van der Waals surface area (Å²) < 4.78 is 12.5. The fourth-order valence-electron chi connectivity index (χ4n) is 3.05. The van der Waals surface area contributed by atoms with E-state index in [1.54, 1.807) is 17.0 Å². The van der Waals surface area contributed by atoms with Crippen molar-refractivity contribution in [3.63, 3.8) is 0 Å².